The predicted molar refractivity (Wildman–Crippen MR) is 111 cm³/mol. The molecule has 0 radical (unpaired) electrons. The third-order valence-electron chi connectivity index (χ3n) is 5.36. The molecule has 0 saturated heterocycles. The lowest BCUT2D eigenvalue weighted by Gasteiger charge is -2.19. The lowest BCUT2D eigenvalue weighted by atomic mass is 9.95. The normalized spacial score (nSPS) is 13.4. The molecule has 0 heterocycles. The largest absolute Gasteiger partial charge is 0.480 e. The molecule has 2 N–H and O–H groups in total. The maximum absolute atomic E-state index is 13.1. The van der Waals surface area contributed by atoms with E-state index in [1.54, 1.807) is 0 Å². The molecule has 4 heteroatoms. The van der Waals surface area contributed by atoms with Gasteiger partial charge in [0.05, 0.1) is 5.92 Å². The van der Waals surface area contributed by atoms with Crippen LogP contribution in [0.5, 0.6) is 0 Å². The van der Waals surface area contributed by atoms with Crippen LogP contribution in [-0.4, -0.2) is 23.0 Å². The summed E-state index contributed by atoms with van der Waals surface area (Å²) in [4.78, 5) is 24.8. The van der Waals surface area contributed by atoms with Crippen LogP contribution in [0.1, 0.15) is 55.6 Å². The number of unbranched alkanes of at least 4 members (excludes halogenated alkanes) is 4. The van der Waals surface area contributed by atoms with Crippen LogP contribution in [-0.2, 0) is 9.59 Å². The fraction of sp³-hybridized carbons (Fsp3) is 0.333. The summed E-state index contributed by atoms with van der Waals surface area (Å²) >= 11 is 0. The first kappa shape index (κ1) is 19.9. The molecule has 2 aromatic rings. The van der Waals surface area contributed by atoms with Crippen molar-refractivity contribution in [3.63, 3.8) is 0 Å². The van der Waals surface area contributed by atoms with Gasteiger partial charge in [-0.25, -0.2) is 4.79 Å². The molecule has 28 heavy (non-hydrogen) atoms. The van der Waals surface area contributed by atoms with Crippen molar-refractivity contribution in [3.05, 3.63) is 72.3 Å². The number of hydrogen-bond donors (Lipinski definition) is 2. The Bertz CT molecular complexity index is 813. The first-order chi connectivity index (χ1) is 13.6. The maximum Gasteiger partial charge on any atom is 0.326 e. The van der Waals surface area contributed by atoms with Gasteiger partial charge in [0.1, 0.15) is 6.04 Å². The average Bonchev–Trinajstić information content (AvgIpc) is 3.04. The molecular weight excluding hydrogens is 350 g/mol. The lowest BCUT2D eigenvalue weighted by Crippen LogP contribution is -2.43. The molecule has 0 bridgehead atoms. The number of amides is 1. The zero-order valence-electron chi connectivity index (χ0n) is 16.1. The molecular formula is C24H27NO3. The number of aliphatic carboxylic acids is 1. The maximum atomic E-state index is 13.1. The number of rotatable bonds is 10. The Kier molecular flexibility index (Phi) is 6.64. The van der Waals surface area contributed by atoms with E-state index >= 15 is 0 Å². The van der Waals surface area contributed by atoms with Crippen LogP contribution in [0.4, 0.5) is 0 Å². The molecule has 0 fully saturated rings. The first-order valence-electron chi connectivity index (χ1n) is 9.95. The molecule has 1 aliphatic rings. The smallest absolute Gasteiger partial charge is 0.326 e. The summed E-state index contributed by atoms with van der Waals surface area (Å²) in [6.45, 7) is 3.71. The zero-order chi connectivity index (χ0) is 19.9. The highest BCUT2D eigenvalue weighted by molar-refractivity contribution is 5.97. The van der Waals surface area contributed by atoms with Gasteiger partial charge in [0.15, 0.2) is 0 Å². The molecule has 0 spiro atoms. The third-order valence-corrected chi connectivity index (χ3v) is 5.36. The van der Waals surface area contributed by atoms with E-state index in [-0.39, 0.29) is 5.91 Å². The fourth-order valence-corrected chi connectivity index (χ4v) is 3.94. The van der Waals surface area contributed by atoms with Crippen molar-refractivity contribution < 1.29 is 14.7 Å². The van der Waals surface area contributed by atoms with E-state index in [9.17, 15) is 14.7 Å². The molecule has 0 saturated carbocycles. The van der Waals surface area contributed by atoms with Gasteiger partial charge >= 0.3 is 5.97 Å². The summed E-state index contributed by atoms with van der Waals surface area (Å²) in [7, 11) is 0. The second-order valence-electron chi connectivity index (χ2n) is 7.29. The minimum absolute atomic E-state index is 0.239. The molecule has 2 aromatic carbocycles. The highest BCUT2D eigenvalue weighted by atomic mass is 16.4. The van der Waals surface area contributed by atoms with Gasteiger partial charge in [-0.15, -0.1) is 6.58 Å². The Morgan fingerprint density at radius 2 is 1.54 bits per heavy atom. The number of carbonyl (C=O) groups is 2. The van der Waals surface area contributed by atoms with Crippen LogP contribution in [0.15, 0.2) is 61.2 Å². The van der Waals surface area contributed by atoms with E-state index in [0.717, 1.165) is 54.4 Å². The van der Waals surface area contributed by atoms with Crippen LogP contribution < -0.4 is 5.32 Å². The summed E-state index contributed by atoms with van der Waals surface area (Å²) in [6, 6.07) is 14.8. The summed E-state index contributed by atoms with van der Waals surface area (Å²) in [5.41, 5.74) is 3.98. The van der Waals surface area contributed by atoms with Gasteiger partial charge in [0, 0.05) is 0 Å². The first-order valence-corrected chi connectivity index (χ1v) is 9.95. The SMILES string of the molecule is C=CCCCCCC[C@H](NC(=O)C1c2ccccc2-c2ccccc21)C(=O)O. The van der Waals surface area contributed by atoms with Crippen LogP contribution in [0.25, 0.3) is 11.1 Å². The minimum Gasteiger partial charge on any atom is -0.480 e. The molecule has 0 aliphatic heterocycles. The van der Waals surface area contributed by atoms with E-state index in [4.69, 9.17) is 0 Å². The number of benzene rings is 2. The standard InChI is InChI=1S/C24H27NO3/c1-2-3-4-5-6-7-16-21(24(27)28)25-23(26)22-19-14-10-8-12-17(19)18-13-9-11-15-20(18)22/h2,8-15,21-22H,1,3-7,16H2,(H,25,26)(H,27,28)/t21-/m0/s1. The highest BCUT2D eigenvalue weighted by Gasteiger charge is 2.35. The minimum atomic E-state index is -0.973. The van der Waals surface area contributed by atoms with Gasteiger partial charge in [0.25, 0.3) is 0 Å². The van der Waals surface area contributed by atoms with Crippen molar-refractivity contribution in [1.82, 2.24) is 5.32 Å². The van der Waals surface area contributed by atoms with Crippen molar-refractivity contribution >= 4 is 11.9 Å². The average molecular weight is 377 g/mol. The molecule has 4 nitrogen and oxygen atoms in total. The molecule has 1 atom stereocenters. The van der Waals surface area contributed by atoms with E-state index < -0.39 is 17.9 Å². The zero-order valence-corrected chi connectivity index (χ0v) is 16.1. The molecule has 0 aromatic heterocycles. The summed E-state index contributed by atoms with van der Waals surface area (Å²) in [5.74, 6) is -1.67. The molecule has 1 aliphatic carbocycles. The lowest BCUT2D eigenvalue weighted by molar-refractivity contribution is -0.142. The van der Waals surface area contributed by atoms with Crippen molar-refractivity contribution in [2.75, 3.05) is 0 Å². The topological polar surface area (TPSA) is 66.4 Å². The summed E-state index contributed by atoms with van der Waals surface area (Å²) < 4.78 is 0. The van der Waals surface area contributed by atoms with E-state index in [1.165, 1.54) is 0 Å². The Morgan fingerprint density at radius 1 is 0.964 bits per heavy atom. The van der Waals surface area contributed by atoms with Crippen LogP contribution in [0.3, 0.4) is 0 Å². The van der Waals surface area contributed by atoms with Crippen molar-refractivity contribution in [1.29, 1.82) is 0 Å². The van der Waals surface area contributed by atoms with Crippen molar-refractivity contribution in [2.45, 2.75) is 50.5 Å². The van der Waals surface area contributed by atoms with Crippen molar-refractivity contribution in [3.8, 4) is 11.1 Å². The van der Waals surface area contributed by atoms with E-state index in [2.05, 4.69) is 11.9 Å². The van der Waals surface area contributed by atoms with Gasteiger partial charge in [0.2, 0.25) is 5.91 Å². The molecule has 0 unspecified atom stereocenters. The number of carboxylic acids is 1. The molecule has 3 rings (SSSR count). The van der Waals surface area contributed by atoms with Gasteiger partial charge in [-0.05, 0) is 41.5 Å². The summed E-state index contributed by atoms with van der Waals surface area (Å²) in [5, 5.41) is 12.4. The number of fused-ring (bicyclic) bond motifs is 3. The van der Waals surface area contributed by atoms with Crippen LogP contribution >= 0.6 is 0 Å². The molecule has 146 valence electrons. The fourth-order valence-electron chi connectivity index (χ4n) is 3.94. The molecule has 1 amide bonds. The number of nitrogens with one attached hydrogen (secondary N) is 1. The number of hydrogen-bond acceptors (Lipinski definition) is 2. The predicted octanol–water partition coefficient (Wildman–Crippen LogP) is 4.89. The Balaban J connectivity index is 1.69. The van der Waals surface area contributed by atoms with Gasteiger partial charge < -0.3 is 10.4 Å². The Morgan fingerprint density at radius 3 is 2.11 bits per heavy atom. The van der Waals surface area contributed by atoms with Crippen molar-refractivity contribution in [2.24, 2.45) is 0 Å². The quantitative estimate of drug-likeness (QED) is 0.457. The van der Waals surface area contributed by atoms with Gasteiger partial charge in [-0.1, -0.05) is 73.9 Å². The van der Waals surface area contributed by atoms with Gasteiger partial charge in [-0.3, -0.25) is 4.79 Å². The Labute approximate surface area is 166 Å². The van der Waals surface area contributed by atoms with E-state index in [1.807, 2.05) is 54.6 Å². The van der Waals surface area contributed by atoms with Gasteiger partial charge in [-0.2, -0.15) is 0 Å². The second-order valence-corrected chi connectivity index (χ2v) is 7.29. The number of carbonyl (C=O) groups excluding carboxylic acids is 1. The monoisotopic (exact) mass is 377 g/mol. The van der Waals surface area contributed by atoms with Crippen LogP contribution in [0.2, 0.25) is 0 Å². The summed E-state index contributed by atoms with van der Waals surface area (Å²) in [6.07, 6.45) is 7.20. The van der Waals surface area contributed by atoms with E-state index in [0.29, 0.717) is 6.42 Å². The van der Waals surface area contributed by atoms with Crippen LogP contribution in [0, 0.1) is 0 Å². The number of carboxylic acid groups (broad SMARTS) is 1. The third kappa shape index (κ3) is 4.33. The Hall–Kier alpha value is -2.88. The highest BCUT2D eigenvalue weighted by Crippen LogP contribution is 2.44. The second kappa shape index (κ2) is 9.36. The number of allylic oxidation sites excluding steroid dienone is 1.